The predicted molar refractivity (Wildman–Crippen MR) is 142 cm³/mol. The molecule has 3 aliphatic rings. The van der Waals surface area contributed by atoms with Gasteiger partial charge in [-0.25, -0.2) is 4.79 Å². The molecule has 10 nitrogen and oxygen atoms in total. The number of nitrogens with zero attached hydrogens (tertiary/aromatic N) is 3. The van der Waals surface area contributed by atoms with E-state index in [-0.39, 0.29) is 18.2 Å². The zero-order chi connectivity index (χ0) is 27.6. The third kappa shape index (κ3) is 5.51. The second-order valence-electron chi connectivity index (χ2n) is 10.5. The molecule has 0 radical (unpaired) electrons. The molecule has 204 valence electrons. The first-order valence-electron chi connectivity index (χ1n) is 12.9. The van der Waals surface area contributed by atoms with E-state index in [2.05, 4.69) is 5.32 Å². The van der Waals surface area contributed by atoms with Crippen LogP contribution in [0.15, 0.2) is 42.0 Å². The fraction of sp³-hybridized carbons (Fsp3) is 0.500. The van der Waals surface area contributed by atoms with Gasteiger partial charge < -0.3 is 20.1 Å². The van der Waals surface area contributed by atoms with E-state index < -0.39 is 29.6 Å². The van der Waals surface area contributed by atoms with Gasteiger partial charge in [0.05, 0.1) is 13.1 Å². The van der Waals surface area contributed by atoms with Gasteiger partial charge in [0.15, 0.2) is 5.78 Å². The Hall–Kier alpha value is -3.50. The number of benzene rings is 1. The van der Waals surface area contributed by atoms with Crippen molar-refractivity contribution in [3.05, 3.63) is 53.1 Å². The van der Waals surface area contributed by atoms with E-state index in [9.17, 15) is 24.3 Å². The van der Waals surface area contributed by atoms with Gasteiger partial charge in [0.2, 0.25) is 5.91 Å². The number of carboxylic acid groups (broad SMARTS) is 1. The summed E-state index contributed by atoms with van der Waals surface area (Å²) in [7, 11) is 3.87. The highest BCUT2D eigenvalue weighted by molar-refractivity contribution is 5.95. The summed E-state index contributed by atoms with van der Waals surface area (Å²) < 4.78 is 5.41. The van der Waals surface area contributed by atoms with Crippen molar-refractivity contribution >= 4 is 29.4 Å². The molecule has 1 aliphatic carbocycles. The maximum Gasteiger partial charge on any atom is 0.414 e. The zero-order valence-corrected chi connectivity index (χ0v) is 22.4. The number of amides is 2. The van der Waals surface area contributed by atoms with Crippen LogP contribution in [0.1, 0.15) is 25.0 Å². The lowest BCUT2D eigenvalue weighted by molar-refractivity contribution is -0.148. The molecule has 2 heterocycles. The molecule has 10 heteroatoms. The summed E-state index contributed by atoms with van der Waals surface area (Å²) in [5.41, 5.74) is 2.51. The minimum atomic E-state index is -1.27. The number of anilines is 1. The number of ether oxygens (including phenoxy) is 1. The number of carboxylic acids is 1. The molecule has 1 fully saturated rings. The summed E-state index contributed by atoms with van der Waals surface area (Å²) in [4.78, 5) is 54.9. The molecule has 2 N–H and O–H groups in total. The SMILES string of the molecule is CC(=O)NC[C@H]1CN(c2ccc3c(c2)CCN(C2(C(C)=O)C=C(CN(C)C)C=CC2C(=O)O)CC3)C(=O)O1. The minimum Gasteiger partial charge on any atom is -0.481 e. The third-order valence-corrected chi connectivity index (χ3v) is 7.49. The van der Waals surface area contributed by atoms with Crippen LogP contribution in [0.4, 0.5) is 10.5 Å². The summed E-state index contributed by atoms with van der Waals surface area (Å²) in [6.45, 7) is 5.11. The monoisotopic (exact) mass is 524 g/mol. The van der Waals surface area contributed by atoms with E-state index in [0.29, 0.717) is 44.7 Å². The summed E-state index contributed by atoms with van der Waals surface area (Å²) in [5.74, 6) is -2.38. The molecule has 3 atom stereocenters. The summed E-state index contributed by atoms with van der Waals surface area (Å²) >= 11 is 0. The van der Waals surface area contributed by atoms with Gasteiger partial charge in [0.25, 0.3) is 0 Å². The molecular weight excluding hydrogens is 488 g/mol. The molecular formula is C28H36N4O6. The van der Waals surface area contributed by atoms with Gasteiger partial charge in [0, 0.05) is 32.2 Å². The standard InChI is InChI=1S/C28H36N4O6/c1-18(33)28(14-20(16-30(3)4)5-8-25(28)26(35)36)31-11-9-21-6-7-23(13-22(21)10-12-31)32-17-24(38-27(32)37)15-29-19(2)34/h5-8,13-14,24-25H,9-12,15-17H2,1-4H3,(H,29,34)(H,35,36)/t24-,25?,28?/m0/s1. The molecule has 1 aromatic carbocycles. The van der Waals surface area contributed by atoms with Crippen molar-refractivity contribution in [1.82, 2.24) is 15.1 Å². The first-order chi connectivity index (χ1) is 18.0. The quantitative estimate of drug-likeness (QED) is 0.527. The van der Waals surface area contributed by atoms with Crippen LogP contribution in [0.25, 0.3) is 0 Å². The summed E-state index contributed by atoms with van der Waals surface area (Å²) in [6, 6.07) is 5.85. The van der Waals surface area contributed by atoms with Crippen LogP contribution < -0.4 is 10.2 Å². The minimum absolute atomic E-state index is 0.181. The van der Waals surface area contributed by atoms with Crippen LogP contribution >= 0.6 is 0 Å². The molecule has 2 amide bonds. The van der Waals surface area contributed by atoms with Gasteiger partial charge in [0.1, 0.15) is 17.6 Å². The topological polar surface area (TPSA) is 119 Å². The summed E-state index contributed by atoms with van der Waals surface area (Å²) in [6.07, 6.45) is 5.68. The number of Topliss-reactive ketones (excluding diaryl/α,β-unsaturated/α-hetero) is 1. The molecule has 0 aromatic heterocycles. The highest BCUT2D eigenvalue weighted by atomic mass is 16.6. The van der Waals surface area contributed by atoms with Crippen LogP contribution in [0, 0.1) is 5.92 Å². The summed E-state index contributed by atoms with van der Waals surface area (Å²) in [5, 5.41) is 12.8. The van der Waals surface area contributed by atoms with Crippen molar-refractivity contribution in [2.45, 2.75) is 38.3 Å². The number of likely N-dealkylation sites (N-methyl/N-ethyl adjacent to an activating group) is 1. The maximum atomic E-state index is 13.3. The van der Waals surface area contributed by atoms with E-state index in [1.165, 1.54) is 13.8 Å². The number of nitrogens with one attached hydrogen (secondary N) is 1. The number of aliphatic carboxylic acids is 1. The van der Waals surface area contributed by atoms with E-state index in [0.717, 1.165) is 16.7 Å². The van der Waals surface area contributed by atoms with Gasteiger partial charge in [-0.1, -0.05) is 24.3 Å². The normalized spacial score (nSPS) is 25.4. The molecule has 2 aliphatic heterocycles. The van der Waals surface area contributed by atoms with Gasteiger partial charge in [-0.15, -0.1) is 0 Å². The number of ketones is 1. The number of fused-ring (bicyclic) bond motifs is 1. The average molecular weight is 525 g/mol. The number of cyclic esters (lactones) is 1. The predicted octanol–water partition coefficient (Wildman–Crippen LogP) is 1.63. The van der Waals surface area contributed by atoms with Crippen LogP contribution in [0.3, 0.4) is 0 Å². The number of carbonyl (C=O) groups excluding carboxylic acids is 3. The van der Waals surface area contributed by atoms with E-state index in [1.807, 2.05) is 54.2 Å². The Bertz CT molecular complexity index is 1190. The lowest BCUT2D eigenvalue weighted by Gasteiger charge is -2.44. The van der Waals surface area contributed by atoms with Crippen molar-refractivity contribution in [3.8, 4) is 0 Å². The highest BCUT2D eigenvalue weighted by Gasteiger charge is 2.50. The lowest BCUT2D eigenvalue weighted by Crippen LogP contribution is -2.60. The first-order valence-corrected chi connectivity index (χ1v) is 12.9. The second kappa shape index (κ2) is 11.1. The Morgan fingerprint density at radius 3 is 2.50 bits per heavy atom. The van der Waals surface area contributed by atoms with Crippen LogP contribution in [0.2, 0.25) is 0 Å². The molecule has 1 saturated heterocycles. The molecule has 2 unspecified atom stereocenters. The van der Waals surface area contributed by atoms with Crippen molar-refractivity contribution < 1.29 is 29.0 Å². The van der Waals surface area contributed by atoms with E-state index >= 15 is 0 Å². The largest absolute Gasteiger partial charge is 0.481 e. The van der Waals surface area contributed by atoms with Crippen LogP contribution in [0.5, 0.6) is 0 Å². The average Bonchev–Trinajstić information content (AvgIpc) is 3.08. The number of hydrogen-bond donors (Lipinski definition) is 2. The van der Waals surface area contributed by atoms with Gasteiger partial charge in [-0.05, 0) is 62.7 Å². The fourth-order valence-electron chi connectivity index (χ4n) is 5.70. The number of hydrogen-bond acceptors (Lipinski definition) is 7. The number of carbonyl (C=O) groups is 4. The first kappa shape index (κ1) is 27.5. The third-order valence-electron chi connectivity index (χ3n) is 7.49. The van der Waals surface area contributed by atoms with E-state index in [1.54, 1.807) is 11.0 Å². The second-order valence-corrected chi connectivity index (χ2v) is 10.5. The smallest absolute Gasteiger partial charge is 0.414 e. The Morgan fingerprint density at radius 2 is 1.87 bits per heavy atom. The molecule has 38 heavy (non-hydrogen) atoms. The van der Waals surface area contributed by atoms with Crippen molar-refractivity contribution in [2.75, 3.05) is 51.7 Å². The molecule has 4 rings (SSSR count). The molecule has 0 spiro atoms. The Balaban J connectivity index is 1.58. The van der Waals surface area contributed by atoms with Gasteiger partial charge >= 0.3 is 12.1 Å². The van der Waals surface area contributed by atoms with E-state index in [4.69, 9.17) is 4.74 Å². The molecule has 0 saturated carbocycles. The van der Waals surface area contributed by atoms with Crippen LogP contribution in [-0.4, -0.2) is 97.1 Å². The van der Waals surface area contributed by atoms with Gasteiger partial charge in [-0.2, -0.15) is 0 Å². The Morgan fingerprint density at radius 1 is 1.16 bits per heavy atom. The van der Waals surface area contributed by atoms with Crippen molar-refractivity contribution in [1.29, 1.82) is 0 Å². The molecule has 1 aromatic rings. The highest BCUT2D eigenvalue weighted by Crippen LogP contribution is 2.37. The number of rotatable bonds is 8. The van der Waals surface area contributed by atoms with Crippen molar-refractivity contribution in [3.63, 3.8) is 0 Å². The van der Waals surface area contributed by atoms with Gasteiger partial charge in [-0.3, -0.25) is 24.2 Å². The maximum absolute atomic E-state index is 13.3. The Labute approximate surface area is 222 Å². The van der Waals surface area contributed by atoms with Crippen molar-refractivity contribution in [2.24, 2.45) is 5.92 Å². The Kier molecular flexibility index (Phi) is 8.03. The molecule has 0 bridgehead atoms. The fourth-order valence-corrected chi connectivity index (χ4v) is 5.70. The zero-order valence-electron chi connectivity index (χ0n) is 22.4. The lowest BCUT2D eigenvalue weighted by atomic mass is 9.74. The van der Waals surface area contributed by atoms with Crippen LogP contribution in [-0.2, 0) is 32.0 Å².